The molecule has 0 bridgehead atoms. The van der Waals surface area contributed by atoms with Crippen LogP contribution in [0.15, 0.2) is 48.0 Å². The van der Waals surface area contributed by atoms with E-state index in [0.717, 1.165) is 36.1 Å². The van der Waals surface area contributed by atoms with E-state index in [0.29, 0.717) is 33.2 Å². The zero-order chi connectivity index (χ0) is 24.8. The molecule has 2 aromatic carbocycles. The number of thiophene rings is 1. The molecule has 0 fully saturated rings. The summed E-state index contributed by atoms with van der Waals surface area (Å²) in [5, 5.41) is 22.4. The molecule has 8 heteroatoms. The van der Waals surface area contributed by atoms with Gasteiger partial charge in [-0.15, -0.1) is 11.3 Å². The normalized spacial score (nSPS) is 12.7. The number of nitrogens with one attached hydrogen (secondary N) is 1. The molecular formula is C27H22FN3O3S. The minimum Gasteiger partial charge on any atom is -0.493 e. The van der Waals surface area contributed by atoms with Crippen molar-refractivity contribution in [1.29, 1.82) is 10.5 Å². The summed E-state index contributed by atoms with van der Waals surface area (Å²) in [4.78, 5) is 14.0. The van der Waals surface area contributed by atoms with Gasteiger partial charge in [0.15, 0.2) is 11.5 Å². The predicted octanol–water partition coefficient (Wildman–Crippen LogP) is 5.77. The first-order valence-corrected chi connectivity index (χ1v) is 11.9. The van der Waals surface area contributed by atoms with Gasteiger partial charge >= 0.3 is 0 Å². The van der Waals surface area contributed by atoms with Crippen molar-refractivity contribution < 1.29 is 18.7 Å². The maximum absolute atomic E-state index is 13.9. The number of amides is 1. The average molecular weight is 488 g/mol. The molecule has 0 radical (unpaired) electrons. The molecule has 1 amide bonds. The topological polar surface area (TPSA) is 95.1 Å². The number of ether oxygens (including phenoxy) is 2. The molecule has 3 aromatic rings. The summed E-state index contributed by atoms with van der Waals surface area (Å²) in [6.07, 6.45) is 5.26. The first-order chi connectivity index (χ1) is 17.0. The molecular weight excluding hydrogens is 465 g/mol. The lowest BCUT2D eigenvalue weighted by molar-refractivity contribution is -0.112. The SMILES string of the molecule is COc1cc(C=C(C#N)C(=O)Nc2sc3c(c2C#N)CCCC3)ccc1OCc1ccccc1F. The number of hydrogen-bond donors (Lipinski definition) is 1. The van der Waals surface area contributed by atoms with Crippen LogP contribution in [0, 0.1) is 28.5 Å². The molecule has 4 rings (SSSR count). The van der Waals surface area contributed by atoms with Crippen LogP contribution in [-0.4, -0.2) is 13.0 Å². The highest BCUT2D eigenvalue weighted by molar-refractivity contribution is 7.16. The third-order valence-electron chi connectivity index (χ3n) is 5.71. The molecule has 0 atom stereocenters. The van der Waals surface area contributed by atoms with Crippen LogP contribution < -0.4 is 14.8 Å². The Bertz CT molecular complexity index is 1380. The first kappa shape index (κ1) is 24.0. The van der Waals surface area contributed by atoms with Crippen molar-refractivity contribution >= 4 is 28.3 Å². The van der Waals surface area contributed by atoms with Crippen molar-refractivity contribution in [2.75, 3.05) is 12.4 Å². The minimum absolute atomic E-state index is 0.0239. The number of methoxy groups -OCH3 is 1. The molecule has 35 heavy (non-hydrogen) atoms. The third-order valence-corrected chi connectivity index (χ3v) is 6.92. The van der Waals surface area contributed by atoms with Crippen LogP contribution in [0.3, 0.4) is 0 Å². The number of rotatable bonds is 7. The van der Waals surface area contributed by atoms with Crippen molar-refractivity contribution in [1.82, 2.24) is 0 Å². The van der Waals surface area contributed by atoms with Crippen molar-refractivity contribution in [3.05, 3.63) is 81.0 Å². The molecule has 1 aromatic heterocycles. The lowest BCUT2D eigenvalue weighted by Crippen LogP contribution is -2.13. The Kier molecular flexibility index (Phi) is 7.45. The molecule has 0 saturated carbocycles. The van der Waals surface area contributed by atoms with Gasteiger partial charge in [-0.2, -0.15) is 10.5 Å². The Morgan fingerprint density at radius 1 is 1.17 bits per heavy atom. The highest BCUT2D eigenvalue weighted by Crippen LogP contribution is 2.38. The third kappa shape index (κ3) is 5.34. The zero-order valence-electron chi connectivity index (χ0n) is 19.1. The smallest absolute Gasteiger partial charge is 0.266 e. The summed E-state index contributed by atoms with van der Waals surface area (Å²) in [6.45, 7) is 0.0239. The molecule has 1 aliphatic rings. The van der Waals surface area contributed by atoms with Gasteiger partial charge in [-0.3, -0.25) is 4.79 Å². The summed E-state index contributed by atoms with van der Waals surface area (Å²) in [5.74, 6) is -0.160. The van der Waals surface area contributed by atoms with E-state index in [4.69, 9.17) is 9.47 Å². The van der Waals surface area contributed by atoms with Crippen LogP contribution in [0.5, 0.6) is 11.5 Å². The van der Waals surface area contributed by atoms with Gasteiger partial charge in [-0.05, 0) is 61.1 Å². The summed E-state index contributed by atoms with van der Waals surface area (Å²) in [6, 6.07) is 15.4. The van der Waals surface area contributed by atoms with Gasteiger partial charge in [-0.1, -0.05) is 24.3 Å². The number of nitrogens with zero attached hydrogens (tertiary/aromatic N) is 2. The summed E-state index contributed by atoms with van der Waals surface area (Å²) >= 11 is 1.41. The van der Waals surface area contributed by atoms with Crippen LogP contribution in [0.2, 0.25) is 0 Å². The van der Waals surface area contributed by atoms with E-state index in [1.165, 1.54) is 30.6 Å². The Morgan fingerprint density at radius 2 is 1.97 bits per heavy atom. The van der Waals surface area contributed by atoms with E-state index in [1.54, 1.807) is 36.4 Å². The number of hydrogen-bond acceptors (Lipinski definition) is 6. The van der Waals surface area contributed by atoms with Crippen LogP contribution in [-0.2, 0) is 24.2 Å². The molecule has 0 unspecified atom stereocenters. The second-order valence-corrected chi connectivity index (χ2v) is 9.05. The lowest BCUT2D eigenvalue weighted by Gasteiger charge is -2.12. The molecule has 0 aliphatic heterocycles. The Hall–Kier alpha value is -4.14. The first-order valence-electron chi connectivity index (χ1n) is 11.1. The van der Waals surface area contributed by atoms with Gasteiger partial charge in [0.1, 0.15) is 35.1 Å². The maximum Gasteiger partial charge on any atom is 0.266 e. The molecule has 1 aliphatic carbocycles. The Balaban J connectivity index is 1.52. The number of fused-ring (bicyclic) bond motifs is 1. The molecule has 1 N–H and O–H groups in total. The van der Waals surface area contributed by atoms with E-state index < -0.39 is 5.91 Å². The highest BCUT2D eigenvalue weighted by Gasteiger charge is 2.22. The fourth-order valence-corrected chi connectivity index (χ4v) is 5.16. The van der Waals surface area contributed by atoms with E-state index in [9.17, 15) is 19.7 Å². The summed E-state index contributed by atoms with van der Waals surface area (Å²) in [5.41, 5.74) is 2.36. The van der Waals surface area contributed by atoms with Crippen LogP contribution in [0.25, 0.3) is 6.08 Å². The molecule has 176 valence electrons. The predicted molar refractivity (Wildman–Crippen MR) is 132 cm³/mol. The van der Waals surface area contributed by atoms with Crippen molar-refractivity contribution in [3.8, 4) is 23.6 Å². The second-order valence-electron chi connectivity index (χ2n) is 7.94. The molecule has 0 spiro atoms. The fraction of sp³-hybridized carbons (Fsp3) is 0.222. The number of nitriles is 2. The van der Waals surface area contributed by atoms with Gasteiger partial charge in [-0.25, -0.2) is 4.39 Å². The largest absolute Gasteiger partial charge is 0.493 e. The van der Waals surface area contributed by atoms with Gasteiger partial charge < -0.3 is 14.8 Å². The number of carbonyl (C=O) groups excluding carboxylic acids is 1. The summed E-state index contributed by atoms with van der Waals surface area (Å²) < 4.78 is 25.0. The number of aryl methyl sites for hydroxylation is 1. The molecule has 0 saturated heterocycles. The highest BCUT2D eigenvalue weighted by atomic mass is 32.1. The van der Waals surface area contributed by atoms with Crippen LogP contribution >= 0.6 is 11.3 Å². The quantitative estimate of drug-likeness (QED) is 0.337. The van der Waals surface area contributed by atoms with E-state index in [1.807, 2.05) is 6.07 Å². The van der Waals surface area contributed by atoms with Crippen LogP contribution in [0.1, 0.15) is 40.0 Å². The van der Waals surface area contributed by atoms with Crippen molar-refractivity contribution in [2.45, 2.75) is 32.3 Å². The van der Waals surface area contributed by atoms with E-state index in [2.05, 4.69) is 11.4 Å². The Labute approximate surface area is 206 Å². The monoisotopic (exact) mass is 487 g/mol. The number of carbonyl (C=O) groups is 1. The maximum atomic E-state index is 13.9. The van der Waals surface area contributed by atoms with Gasteiger partial charge in [0.05, 0.1) is 12.7 Å². The Morgan fingerprint density at radius 3 is 2.71 bits per heavy atom. The van der Waals surface area contributed by atoms with Crippen molar-refractivity contribution in [2.24, 2.45) is 0 Å². The van der Waals surface area contributed by atoms with Crippen LogP contribution in [0.4, 0.5) is 9.39 Å². The lowest BCUT2D eigenvalue weighted by atomic mass is 9.96. The molecule has 1 heterocycles. The van der Waals surface area contributed by atoms with E-state index >= 15 is 0 Å². The standard InChI is InChI=1S/C27H22FN3O3S/c1-33-24-13-17(10-11-23(24)34-16-18-6-2-4-8-22(18)28)12-19(14-29)26(32)31-27-21(15-30)20-7-3-5-9-25(20)35-27/h2,4,6,8,10-13H,3,5,7,9,16H2,1H3,(H,31,32). The number of anilines is 1. The van der Waals surface area contributed by atoms with Gasteiger partial charge in [0, 0.05) is 10.4 Å². The zero-order valence-corrected chi connectivity index (χ0v) is 19.9. The molecule has 6 nitrogen and oxygen atoms in total. The average Bonchev–Trinajstić information content (AvgIpc) is 3.23. The number of halogens is 1. The minimum atomic E-state index is -0.582. The second kappa shape index (κ2) is 10.9. The number of benzene rings is 2. The van der Waals surface area contributed by atoms with Gasteiger partial charge in [0.2, 0.25) is 0 Å². The van der Waals surface area contributed by atoms with Crippen molar-refractivity contribution in [3.63, 3.8) is 0 Å². The van der Waals surface area contributed by atoms with Gasteiger partial charge in [0.25, 0.3) is 5.91 Å². The summed E-state index contributed by atoms with van der Waals surface area (Å²) in [7, 11) is 1.47. The fourth-order valence-electron chi connectivity index (χ4n) is 3.92. The van der Waals surface area contributed by atoms with E-state index in [-0.39, 0.29) is 18.0 Å².